The molecule has 0 aromatic rings. The Morgan fingerprint density at radius 2 is 2.19 bits per heavy atom. The molecule has 0 amide bonds. The molecule has 1 aliphatic carbocycles. The molecule has 0 spiro atoms. The van der Waals surface area contributed by atoms with Gasteiger partial charge in [0.1, 0.15) is 0 Å². The van der Waals surface area contributed by atoms with Gasteiger partial charge in [-0.1, -0.05) is 0 Å². The van der Waals surface area contributed by atoms with Gasteiger partial charge in [-0.15, -0.1) is 0 Å². The topological polar surface area (TPSA) is 56.5 Å². The van der Waals surface area contributed by atoms with Gasteiger partial charge in [0, 0.05) is 31.7 Å². The summed E-state index contributed by atoms with van der Waals surface area (Å²) < 4.78 is 10.9. The zero-order chi connectivity index (χ0) is 11.2. The maximum atomic E-state index is 5.89. The third-order valence-electron chi connectivity index (χ3n) is 3.35. The van der Waals surface area contributed by atoms with E-state index in [4.69, 9.17) is 15.2 Å². The summed E-state index contributed by atoms with van der Waals surface area (Å²) in [6.07, 6.45) is 3.84. The normalized spacial score (nSPS) is 29.8. The lowest BCUT2D eigenvalue weighted by atomic mass is 10.1. The quantitative estimate of drug-likeness (QED) is 0.589. The Morgan fingerprint density at radius 3 is 2.88 bits per heavy atom. The standard InChI is InChI=1S/C12H24N2O2/c13-12-9-16-8-11(12)6-14-4-1-5-15-7-10-2-3-10/h10-12,14H,1-9,13H2. The largest absolute Gasteiger partial charge is 0.381 e. The summed E-state index contributed by atoms with van der Waals surface area (Å²) in [5, 5.41) is 3.42. The molecule has 2 aliphatic rings. The molecule has 1 saturated heterocycles. The van der Waals surface area contributed by atoms with Crippen molar-refractivity contribution in [2.45, 2.75) is 25.3 Å². The first-order valence-corrected chi connectivity index (χ1v) is 6.48. The Bertz CT molecular complexity index is 197. The van der Waals surface area contributed by atoms with E-state index in [1.807, 2.05) is 0 Å². The van der Waals surface area contributed by atoms with Crippen molar-refractivity contribution < 1.29 is 9.47 Å². The second kappa shape index (κ2) is 6.55. The second-order valence-corrected chi connectivity index (χ2v) is 5.04. The van der Waals surface area contributed by atoms with Gasteiger partial charge in [-0.05, 0) is 31.7 Å². The molecular formula is C12H24N2O2. The molecule has 3 N–H and O–H groups in total. The summed E-state index contributed by atoms with van der Waals surface area (Å²) in [5.74, 6) is 1.37. The Morgan fingerprint density at radius 1 is 1.31 bits per heavy atom. The van der Waals surface area contributed by atoms with Crippen molar-refractivity contribution in [2.75, 3.05) is 39.5 Å². The number of nitrogens with one attached hydrogen (secondary N) is 1. The van der Waals surface area contributed by atoms with Gasteiger partial charge in [0.2, 0.25) is 0 Å². The van der Waals surface area contributed by atoms with E-state index in [2.05, 4.69) is 5.32 Å². The molecule has 0 aromatic carbocycles. The van der Waals surface area contributed by atoms with Crippen LogP contribution in [0.4, 0.5) is 0 Å². The summed E-state index contributed by atoms with van der Waals surface area (Å²) in [4.78, 5) is 0. The minimum absolute atomic E-state index is 0.221. The van der Waals surface area contributed by atoms with Crippen LogP contribution in [0.5, 0.6) is 0 Å². The van der Waals surface area contributed by atoms with E-state index in [0.29, 0.717) is 5.92 Å². The number of rotatable bonds is 8. The van der Waals surface area contributed by atoms with Crippen molar-refractivity contribution in [3.8, 4) is 0 Å². The highest BCUT2D eigenvalue weighted by Crippen LogP contribution is 2.28. The monoisotopic (exact) mass is 228 g/mol. The van der Waals surface area contributed by atoms with Crippen LogP contribution in [-0.4, -0.2) is 45.6 Å². The van der Waals surface area contributed by atoms with Gasteiger partial charge in [-0.2, -0.15) is 0 Å². The average molecular weight is 228 g/mol. The van der Waals surface area contributed by atoms with Crippen LogP contribution >= 0.6 is 0 Å². The van der Waals surface area contributed by atoms with Crippen LogP contribution in [0.1, 0.15) is 19.3 Å². The Labute approximate surface area is 97.9 Å². The number of ether oxygens (including phenoxy) is 2. The van der Waals surface area contributed by atoms with E-state index in [1.54, 1.807) is 0 Å². The van der Waals surface area contributed by atoms with Crippen molar-refractivity contribution in [3.63, 3.8) is 0 Å². The average Bonchev–Trinajstić information content (AvgIpc) is 3.01. The fourth-order valence-corrected chi connectivity index (χ4v) is 1.95. The molecule has 4 nitrogen and oxygen atoms in total. The maximum absolute atomic E-state index is 5.89. The molecule has 4 heteroatoms. The Kier molecular flexibility index (Phi) is 5.03. The molecule has 94 valence electrons. The van der Waals surface area contributed by atoms with Gasteiger partial charge in [0.25, 0.3) is 0 Å². The molecule has 2 atom stereocenters. The summed E-state index contributed by atoms with van der Waals surface area (Å²) >= 11 is 0. The SMILES string of the molecule is NC1COCC1CNCCCOCC1CC1. The van der Waals surface area contributed by atoms with Crippen molar-refractivity contribution in [1.82, 2.24) is 5.32 Å². The summed E-state index contributed by atoms with van der Waals surface area (Å²) in [5.41, 5.74) is 5.89. The molecule has 2 unspecified atom stereocenters. The first kappa shape index (κ1) is 12.3. The van der Waals surface area contributed by atoms with E-state index in [0.717, 1.165) is 51.9 Å². The van der Waals surface area contributed by atoms with E-state index >= 15 is 0 Å². The van der Waals surface area contributed by atoms with Crippen molar-refractivity contribution in [3.05, 3.63) is 0 Å². The van der Waals surface area contributed by atoms with Gasteiger partial charge in [-0.3, -0.25) is 0 Å². The number of hydrogen-bond acceptors (Lipinski definition) is 4. The molecule has 1 heterocycles. The van der Waals surface area contributed by atoms with E-state index in [-0.39, 0.29) is 6.04 Å². The lowest BCUT2D eigenvalue weighted by Crippen LogP contribution is -2.36. The lowest BCUT2D eigenvalue weighted by Gasteiger charge is -2.13. The fourth-order valence-electron chi connectivity index (χ4n) is 1.95. The molecule has 1 saturated carbocycles. The minimum atomic E-state index is 0.221. The number of nitrogens with two attached hydrogens (primary N) is 1. The van der Waals surface area contributed by atoms with Crippen LogP contribution in [-0.2, 0) is 9.47 Å². The molecule has 1 aliphatic heterocycles. The van der Waals surface area contributed by atoms with Crippen LogP contribution in [0, 0.1) is 11.8 Å². The van der Waals surface area contributed by atoms with E-state index in [1.165, 1.54) is 12.8 Å². The van der Waals surface area contributed by atoms with Crippen molar-refractivity contribution in [2.24, 2.45) is 17.6 Å². The highest BCUT2D eigenvalue weighted by Gasteiger charge is 2.24. The zero-order valence-electron chi connectivity index (χ0n) is 9.99. The molecule has 0 aromatic heterocycles. The zero-order valence-corrected chi connectivity index (χ0v) is 9.99. The summed E-state index contributed by atoms with van der Waals surface area (Å²) in [6, 6.07) is 0.221. The molecule has 16 heavy (non-hydrogen) atoms. The van der Waals surface area contributed by atoms with E-state index in [9.17, 15) is 0 Å². The van der Waals surface area contributed by atoms with Crippen molar-refractivity contribution in [1.29, 1.82) is 0 Å². The third-order valence-corrected chi connectivity index (χ3v) is 3.35. The van der Waals surface area contributed by atoms with Gasteiger partial charge < -0.3 is 20.5 Å². The molecule has 0 bridgehead atoms. The van der Waals surface area contributed by atoms with Crippen molar-refractivity contribution >= 4 is 0 Å². The van der Waals surface area contributed by atoms with Gasteiger partial charge in [0.15, 0.2) is 0 Å². The summed E-state index contributed by atoms with van der Waals surface area (Å²) in [7, 11) is 0. The minimum Gasteiger partial charge on any atom is -0.381 e. The predicted molar refractivity (Wildman–Crippen MR) is 63.3 cm³/mol. The Balaban J connectivity index is 1.36. The predicted octanol–water partition coefficient (Wildman–Crippen LogP) is 0.366. The van der Waals surface area contributed by atoms with Gasteiger partial charge in [-0.25, -0.2) is 0 Å². The fraction of sp³-hybridized carbons (Fsp3) is 1.00. The second-order valence-electron chi connectivity index (χ2n) is 5.04. The van der Waals surface area contributed by atoms with Crippen LogP contribution < -0.4 is 11.1 Å². The highest BCUT2D eigenvalue weighted by atomic mass is 16.5. The lowest BCUT2D eigenvalue weighted by molar-refractivity contribution is 0.121. The highest BCUT2D eigenvalue weighted by molar-refractivity contribution is 4.79. The molecule has 2 fully saturated rings. The number of hydrogen-bond donors (Lipinski definition) is 2. The Hall–Kier alpha value is -0.160. The van der Waals surface area contributed by atoms with Crippen LogP contribution in [0.2, 0.25) is 0 Å². The van der Waals surface area contributed by atoms with Crippen LogP contribution in [0.3, 0.4) is 0 Å². The van der Waals surface area contributed by atoms with Gasteiger partial charge in [0.05, 0.1) is 13.2 Å². The maximum Gasteiger partial charge on any atom is 0.0621 e. The summed E-state index contributed by atoms with van der Waals surface area (Å²) in [6.45, 7) is 5.39. The van der Waals surface area contributed by atoms with Crippen LogP contribution in [0.15, 0.2) is 0 Å². The molecule has 2 rings (SSSR count). The first-order valence-electron chi connectivity index (χ1n) is 6.48. The third kappa shape index (κ3) is 4.37. The smallest absolute Gasteiger partial charge is 0.0621 e. The van der Waals surface area contributed by atoms with Crippen LogP contribution in [0.25, 0.3) is 0 Å². The first-order chi connectivity index (χ1) is 7.86. The van der Waals surface area contributed by atoms with E-state index < -0.39 is 0 Å². The van der Waals surface area contributed by atoms with Gasteiger partial charge >= 0.3 is 0 Å². The molecule has 0 radical (unpaired) electrons. The molecular weight excluding hydrogens is 204 g/mol.